The van der Waals surface area contributed by atoms with Crippen molar-refractivity contribution in [2.24, 2.45) is 11.8 Å². The lowest BCUT2D eigenvalue weighted by atomic mass is 9.82. The molecule has 4 atom stereocenters. The zero-order valence-corrected chi connectivity index (χ0v) is 22.2. The maximum atomic E-state index is 13.9. The van der Waals surface area contributed by atoms with Gasteiger partial charge in [-0.15, -0.1) is 0 Å². The van der Waals surface area contributed by atoms with Gasteiger partial charge in [0, 0.05) is 18.7 Å². The SMILES string of the molecule is CCC(C)N1CCCCC1C(=O)NC(C(=O)N(C)[C@H](/C=C(\C)C(=O)O)C(C)C)C1CCCCC1. The number of likely N-dealkylation sites (N-methyl/N-ethyl adjacent to an activating group) is 1. The first kappa shape index (κ1) is 28.3. The van der Waals surface area contributed by atoms with Gasteiger partial charge in [-0.25, -0.2) is 4.79 Å². The van der Waals surface area contributed by atoms with Gasteiger partial charge in [-0.2, -0.15) is 0 Å². The fourth-order valence-electron chi connectivity index (χ4n) is 5.54. The number of aliphatic carboxylic acids is 1. The monoisotopic (exact) mass is 477 g/mol. The third-order valence-electron chi connectivity index (χ3n) is 7.92. The molecule has 2 N–H and O–H groups in total. The standard InChI is InChI=1S/C27H47N3O4/c1-7-20(5)30-16-12-11-15-22(30)25(31)28-24(21-13-9-8-10-14-21)26(32)29(6)23(18(2)3)17-19(4)27(33)34/h17-18,20-24H,7-16H2,1-6H3,(H,28,31)(H,33,34)/b19-17+/t20?,22?,23-,24?/m1/s1. The van der Waals surface area contributed by atoms with E-state index in [0.29, 0.717) is 6.04 Å². The summed E-state index contributed by atoms with van der Waals surface area (Å²) in [6.07, 6.45) is 10.8. The molecule has 7 nitrogen and oxygen atoms in total. The van der Waals surface area contributed by atoms with Gasteiger partial charge in [0.05, 0.1) is 12.1 Å². The van der Waals surface area contributed by atoms with Gasteiger partial charge in [0.15, 0.2) is 0 Å². The highest BCUT2D eigenvalue weighted by Crippen LogP contribution is 2.29. The highest BCUT2D eigenvalue weighted by molar-refractivity contribution is 5.90. The number of carbonyl (C=O) groups is 3. The van der Waals surface area contributed by atoms with Gasteiger partial charge in [0.25, 0.3) is 0 Å². The number of piperidine rings is 1. The number of carboxylic acids is 1. The van der Waals surface area contributed by atoms with Crippen molar-refractivity contribution in [1.82, 2.24) is 15.1 Å². The summed E-state index contributed by atoms with van der Waals surface area (Å²) in [7, 11) is 1.74. The number of nitrogens with zero attached hydrogens (tertiary/aromatic N) is 2. The molecule has 0 aromatic heterocycles. The molecule has 7 heteroatoms. The molecule has 0 aromatic rings. The van der Waals surface area contributed by atoms with Crippen molar-refractivity contribution in [3.05, 3.63) is 11.6 Å². The van der Waals surface area contributed by atoms with E-state index in [2.05, 4.69) is 24.1 Å². The zero-order valence-electron chi connectivity index (χ0n) is 22.2. The Balaban J connectivity index is 2.29. The summed E-state index contributed by atoms with van der Waals surface area (Å²) in [5.74, 6) is -0.961. The van der Waals surface area contributed by atoms with E-state index in [4.69, 9.17) is 0 Å². The van der Waals surface area contributed by atoms with Gasteiger partial charge < -0.3 is 15.3 Å². The molecule has 1 aliphatic carbocycles. The molecule has 1 aliphatic heterocycles. The van der Waals surface area contributed by atoms with Gasteiger partial charge in [-0.3, -0.25) is 14.5 Å². The number of likely N-dealkylation sites (tertiary alicyclic amines) is 1. The van der Waals surface area contributed by atoms with Crippen molar-refractivity contribution in [1.29, 1.82) is 0 Å². The largest absolute Gasteiger partial charge is 0.478 e. The van der Waals surface area contributed by atoms with E-state index >= 15 is 0 Å². The fourth-order valence-corrected chi connectivity index (χ4v) is 5.54. The van der Waals surface area contributed by atoms with Crippen LogP contribution in [0.3, 0.4) is 0 Å². The summed E-state index contributed by atoms with van der Waals surface area (Å²) in [4.78, 5) is 42.8. The number of hydrogen-bond donors (Lipinski definition) is 2. The van der Waals surface area contributed by atoms with Crippen molar-refractivity contribution in [3.8, 4) is 0 Å². The molecule has 3 unspecified atom stereocenters. The van der Waals surface area contributed by atoms with Crippen LogP contribution in [0, 0.1) is 11.8 Å². The van der Waals surface area contributed by atoms with Gasteiger partial charge >= 0.3 is 5.97 Å². The zero-order chi connectivity index (χ0) is 25.4. The molecule has 2 aliphatic rings. The van der Waals surface area contributed by atoms with Crippen LogP contribution >= 0.6 is 0 Å². The molecule has 2 fully saturated rings. The van der Waals surface area contributed by atoms with Crippen molar-refractivity contribution in [3.63, 3.8) is 0 Å². The summed E-state index contributed by atoms with van der Waals surface area (Å²) in [5, 5.41) is 12.6. The predicted octanol–water partition coefficient (Wildman–Crippen LogP) is 4.22. The van der Waals surface area contributed by atoms with Gasteiger partial charge in [-0.05, 0) is 64.3 Å². The molecule has 0 radical (unpaired) electrons. The highest BCUT2D eigenvalue weighted by Gasteiger charge is 2.38. The lowest BCUT2D eigenvalue weighted by Gasteiger charge is -2.41. The number of hydrogen-bond acceptors (Lipinski definition) is 4. The molecule has 0 aromatic carbocycles. The first-order valence-corrected chi connectivity index (χ1v) is 13.3. The summed E-state index contributed by atoms with van der Waals surface area (Å²) >= 11 is 0. The molecule has 1 heterocycles. The number of nitrogens with one attached hydrogen (secondary N) is 1. The van der Waals surface area contributed by atoms with Gasteiger partial charge in [0.2, 0.25) is 11.8 Å². The lowest BCUT2D eigenvalue weighted by molar-refractivity contribution is -0.141. The van der Waals surface area contributed by atoms with Crippen LogP contribution in [0.1, 0.15) is 92.4 Å². The van der Waals surface area contributed by atoms with Crippen LogP contribution in [-0.4, -0.2) is 70.4 Å². The van der Waals surface area contributed by atoms with Crippen LogP contribution in [0.15, 0.2) is 11.6 Å². The van der Waals surface area contributed by atoms with Crippen LogP contribution < -0.4 is 5.32 Å². The van der Waals surface area contributed by atoms with Crippen LogP contribution in [0.2, 0.25) is 0 Å². The van der Waals surface area contributed by atoms with E-state index in [1.165, 1.54) is 6.42 Å². The second kappa shape index (κ2) is 13.3. The quantitative estimate of drug-likeness (QED) is 0.460. The van der Waals surface area contributed by atoms with E-state index in [0.717, 1.165) is 57.9 Å². The third-order valence-corrected chi connectivity index (χ3v) is 7.92. The maximum Gasteiger partial charge on any atom is 0.331 e. The minimum Gasteiger partial charge on any atom is -0.478 e. The summed E-state index contributed by atoms with van der Waals surface area (Å²) in [5.41, 5.74) is 0.225. The fraction of sp³-hybridized carbons (Fsp3) is 0.815. The maximum absolute atomic E-state index is 13.9. The third kappa shape index (κ3) is 7.30. The molecule has 2 rings (SSSR count). The van der Waals surface area contributed by atoms with Gasteiger partial charge in [0.1, 0.15) is 6.04 Å². The van der Waals surface area contributed by atoms with Crippen molar-refractivity contribution in [2.45, 2.75) is 117 Å². The van der Waals surface area contributed by atoms with E-state index in [1.54, 1.807) is 24.9 Å². The Labute approximate surface area is 206 Å². The van der Waals surface area contributed by atoms with E-state index in [-0.39, 0.29) is 41.3 Å². The minimum atomic E-state index is -0.980. The number of rotatable bonds is 10. The van der Waals surface area contributed by atoms with Crippen molar-refractivity contribution in [2.75, 3.05) is 13.6 Å². The highest BCUT2D eigenvalue weighted by atomic mass is 16.4. The first-order chi connectivity index (χ1) is 16.1. The van der Waals surface area contributed by atoms with Crippen LogP contribution in [0.4, 0.5) is 0 Å². The Morgan fingerprint density at radius 1 is 1.06 bits per heavy atom. The smallest absolute Gasteiger partial charge is 0.331 e. The average molecular weight is 478 g/mol. The molecule has 34 heavy (non-hydrogen) atoms. The van der Waals surface area contributed by atoms with Crippen LogP contribution in [0.25, 0.3) is 0 Å². The Morgan fingerprint density at radius 3 is 2.24 bits per heavy atom. The molecule has 0 bridgehead atoms. The molecule has 194 valence electrons. The normalized spacial score (nSPS) is 23.3. The van der Waals surface area contributed by atoms with Crippen LogP contribution in [0.5, 0.6) is 0 Å². The number of amides is 2. The summed E-state index contributed by atoms with van der Waals surface area (Å²) in [6.45, 7) is 10.8. The van der Waals surface area contributed by atoms with Gasteiger partial charge in [-0.1, -0.05) is 52.5 Å². The Morgan fingerprint density at radius 2 is 1.68 bits per heavy atom. The number of carbonyl (C=O) groups excluding carboxylic acids is 2. The summed E-state index contributed by atoms with van der Waals surface area (Å²) in [6, 6.07) is -0.781. The Kier molecular flexibility index (Phi) is 11.1. The number of carboxylic acid groups (broad SMARTS) is 1. The second-order valence-corrected chi connectivity index (χ2v) is 10.7. The average Bonchev–Trinajstić information content (AvgIpc) is 2.84. The van der Waals surface area contributed by atoms with E-state index < -0.39 is 12.0 Å². The molecule has 1 saturated heterocycles. The predicted molar refractivity (Wildman–Crippen MR) is 135 cm³/mol. The molecule has 2 amide bonds. The Bertz CT molecular complexity index is 729. The molecular weight excluding hydrogens is 430 g/mol. The van der Waals surface area contributed by atoms with Crippen molar-refractivity contribution < 1.29 is 19.5 Å². The second-order valence-electron chi connectivity index (χ2n) is 10.7. The van der Waals surface area contributed by atoms with Crippen LogP contribution in [-0.2, 0) is 14.4 Å². The first-order valence-electron chi connectivity index (χ1n) is 13.3. The molecule has 0 spiro atoms. The minimum absolute atomic E-state index is 0.0318. The van der Waals surface area contributed by atoms with E-state index in [1.807, 2.05) is 13.8 Å². The van der Waals surface area contributed by atoms with Crippen molar-refractivity contribution >= 4 is 17.8 Å². The summed E-state index contributed by atoms with van der Waals surface area (Å²) < 4.78 is 0. The molecular formula is C27H47N3O4. The Hall–Kier alpha value is -1.89. The lowest BCUT2D eigenvalue weighted by Crippen LogP contribution is -2.59. The molecule has 1 saturated carbocycles. The van der Waals surface area contributed by atoms with E-state index in [9.17, 15) is 19.5 Å². The topological polar surface area (TPSA) is 90.0 Å².